The summed E-state index contributed by atoms with van der Waals surface area (Å²) in [5.74, 6) is 0. The lowest BCUT2D eigenvalue weighted by Crippen LogP contribution is -2.52. The molecule has 0 saturated carbocycles. The van der Waals surface area contributed by atoms with Gasteiger partial charge in [0.2, 0.25) is 0 Å². The fourth-order valence-electron chi connectivity index (χ4n) is 2.89. The summed E-state index contributed by atoms with van der Waals surface area (Å²) in [6.07, 6.45) is 6.18. The van der Waals surface area contributed by atoms with Crippen molar-refractivity contribution in [3.63, 3.8) is 0 Å². The zero-order valence-corrected chi connectivity index (χ0v) is 13.0. The Morgan fingerprint density at radius 1 is 1.43 bits per heavy atom. The van der Waals surface area contributed by atoms with E-state index >= 15 is 0 Å². The van der Waals surface area contributed by atoms with E-state index in [0.29, 0.717) is 32.4 Å². The number of carbonyl (C=O) groups excluding carboxylic acids is 2. The summed E-state index contributed by atoms with van der Waals surface area (Å²) < 4.78 is 10.1. The summed E-state index contributed by atoms with van der Waals surface area (Å²) >= 11 is 0. The molecule has 3 rings (SSSR count). The third-order valence-electron chi connectivity index (χ3n) is 4.22. The number of ether oxygens (including phenoxy) is 2. The number of hydrogen-bond acceptors (Lipinski definition) is 6. The lowest BCUT2D eigenvalue weighted by Gasteiger charge is -2.36. The highest BCUT2D eigenvalue weighted by Gasteiger charge is 2.45. The van der Waals surface area contributed by atoms with E-state index in [1.165, 1.54) is 0 Å². The van der Waals surface area contributed by atoms with Gasteiger partial charge in [0, 0.05) is 57.0 Å². The molecule has 2 aliphatic rings. The van der Waals surface area contributed by atoms with E-state index in [2.05, 4.69) is 15.3 Å². The Balaban J connectivity index is 1.47. The second-order valence-corrected chi connectivity index (χ2v) is 6.06. The molecule has 8 nitrogen and oxygen atoms in total. The van der Waals surface area contributed by atoms with Crippen LogP contribution in [0.2, 0.25) is 0 Å². The highest BCUT2D eigenvalue weighted by molar-refractivity contribution is 5.74. The Hall–Kier alpha value is -2.38. The van der Waals surface area contributed by atoms with Crippen molar-refractivity contribution >= 4 is 12.2 Å². The highest BCUT2D eigenvalue weighted by Crippen LogP contribution is 2.31. The molecule has 0 radical (unpaired) electrons. The first-order valence-corrected chi connectivity index (χ1v) is 7.72. The molecule has 2 fully saturated rings. The van der Waals surface area contributed by atoms with E-state index in [9.17, 15) is 9.59 Å². The number of cyclic esters (lactones) is 1. The predicted molar refractivity (Wildman–Crippen MR) is 79.7 cm³/mol. The Bertz CT molecular complexity index is 572. The quantitative estimate of drug-likeness (QED) is 0.839. The van der Waals surface area contributed by atoms with Crippen LogP contribution in [0.4, 0.5) is 9.59 Å². The number of urea groups is 1. The topological polar surface area (TPSA) is 93.7 Å². The van der Waals surface area contributed by atoms with Gasteiger partial charge in [0.25, 0.3) is 0 Å². The van der Waals surface area contributed by atoms with Gasteiger partial charge in [-0.25, -0.2) is 9.59 Å². The maximum absolute atomic E-state index is 12.3. The standard InChI is InChI=1S/C15H20N4O4/c1-11(8-12-9-16-4-5-17-12)18-13(20)19-6-2-15(3-7-19)10-22-14(21)23-15/h4-5,9,11H,2-3,6-8,10H2,1H3,(H,18,20)/t11-/m1/s1. The Labute approximate surface area is 134 Å². The van der Waals surface area contributed by atoms with Crippen LogP contribution < -0.4 is 5.32 Å². The summed E-state index contributed by atoms with van der Waals surface area (Å²) in [5, 5.41) is 2.97. The molecule has 1 aromatic rings. The van der Waals surface area contributed by atoms with Crippen molar-refractivity contribution in [2.75, 3.05) is 19.7 Å². The summed E-state index contributed by atoms with van der Waals surface area (Å²) in [4.78, 5) is 33.4. The number of piperidine rings is 1. The smallest absolute Gasteiger partial charge is 0.430 e. The number of aromatic nitrogens is 2. The molecule has 0 aromatic carbocycles. The van der Waals surface area contributed by atoms with Crippen LogP contribution in [-0.4, -0.2) is 58.4 Å². The van der Waals surface area contributed by atoms with Gasteiger partial charge in [-0.2, -0.15) is 0 Å². The zero-order chi connectivity index (χ0) is 16.3. The molecule has 0 unspecified atom stereocenters. The molecule has 1 atom stereocenters. The van der Waals surface area contributed by atoms with Crippen molar-refractivity contribution in [1.82, 2.24) is 20.2 Å². The average molecular weight is 320 g/mol. The lowest BCUT2D eigenvalue weighted by molar-refractivity contribution is 0.00918. The normalized spacial score (nSPS) is 20.7. The van der Waals surface area contributed by atoms with Crippen LogP contribution in [-0.2, 0) is 15.9 Å². The number of hydrogen-bond donors (Lipinski definition) is 1. The first-order chi connectivity index (χ1) is 11.1. The molecule has 1 N–H and O–H groups in total. The van der Waals surface area contributed by atoms with Crippen LogP contribution in [0.3, 0.4) is 0 Å². The second-order valence-electron chi connectivity index (χ2n) is 6.06. The molecule has 124 valence electrons. The molecular formula is C15H20N4O4. The average Bonchev–Trinajstić information content (AvgIpc) is 2.89. The molecule has 3 heterocycles. The van der Waals surface area contributed by atoms with Crippen LogP contribution in [0.15, 0.2) is 18.6 Å². The van der Waals surface area contributed by atoms with Crippen LogP contribution in [0, 0.1) is 0 Å². The molecule has 1 aromatic heterocycles. The van der Waals surface area contributed by atoms with Crippen LogP contribution in [0.5, 0.6) is 0 Å². The predicted octanol–water partition coefficient (Wildman–Crippen LogP) is 1.12. The monoisotopic (exact) mass is 320 g/mol. The van der Waals surface area contributed by atoms with Gasteiger partial charge in [-0.15, -0.1) is 0 Å². The van der Waals surface area contributed by atoms with E-state index in [1.54, 1.807) is 23.5 Å². The van der Waals surface area contributed by atoms with Crippen molar-refractivity contribution in [2.24, 2.45) is 0 Å². The first-order valence-electron chi connectivity index (χ1n) is 7.72. The number of likely N-dealkylation sites (tertiary alicyclic amines) is 1. The first kappa shape index (κ1) is 15.5. The number of nitrogens with zero attached hydrogens (tertiary/aromatic N) is 3. The molecule has 23 heavy (non-hydrogen) atoms. The molecule has 2 saturated heterocycles. The minimum absolute atomic E-state index is 0.0391. The number of nitrogens with one attached hydrogen (secondary N) is 1. The third kappa shape index (κ3) is 3.69. The van der Waals surface area contributed by atoms with Gasteiger partial charge in [-0.1, -0.05) is 0 Å². The van der Waals surface area contributed by atoms with Gasteiger partial charge in [-0.3, -0.25) is 9.97 Å². The number of carbonyl (C=O) groups is 2. The molecule has 1 spiro atoms. The Morgan fingerprint density at radius 2 is 2.22 bits per heavy atom. The SMILES string of the molecule is C[C@H](Cc1cnccn1)NC(=O)N1CCC2(CC1)COC(=O)O2. The summed E-state index contributed by atoms with van der Waals surface area (Å²) in [6.45, 7) is 3.30. The highest BCUT2D eigenvalue weighted by atomic mass is 16.8. The summed E-state index contributed by atoms with van der Waals surface area (Å²) in [7, 11) is 0. The Kier molecular flexibility index (Phi) is 4.31. The van der Waals surface area contributed by atoms with E-state index in [0.717, 1.165) is 5.69 Å². The third-order valence-corrected chi connectivity index (χ3v) is 4.22. The van der Waals surface area contributed by atoms with Gasteiger partial charge in [0.05, 0.1) is 5.69 Å². The fraction of sp³-hybridized carbons (Fsp3) is 0.600. The van der Waals surface area contributed by atoms with Crippen LogP contribution in [0.1, 0.15) is 25.5 Å². The summed E-state index contributed by atoms with van der Waals surface area (Å²) in [6, 6.07) is -0.149. The maximum atomic E-state index is 12.3. The molecular weight excluding hydrogens is 300 g/mol. The van der Waals surface area contributed by atoms with Gasteiger partial charge in [0.1, 0.15) is 6.61 Å². The van der Waals surface area contributed by atoms with Crippen molar-refractivity contribution in [2.45, 2.75) is 37.8 Å². The van der Waals surface area contributed by atoms with E-state index in [-0.39, 0.29) is 18.7 Å². The fourth-order valence-corrected chi connectivity index (χ4v) is 2.89. The summed E-state index contributed by atoms with van der Waals surface area (Å²) in [5.41, 5.74) is 0.298. The Morgan fingerprint density at radius 3 is 2.83 bits per heavy atom. The largest absolute Gasteiger partial charge is 0.509 e. The maximum Gasteiger partial charge on any atom is 0.509 e. The van der Waals surface area contributed by atoms with Gasteiger partial charge < -0.3 is 19.7 Å². The van der Waals surface area contributed by atoms with Crippen molar-refractivity contribution in [1.29, 1.82) is 0 Å². The van der Waals surface area contributed by atoms with Crippen molar-refractivity contribution < 1.29 is 19.1 Å². The van der Waals surface area contributed by atoms with Gasteiger partial charge >= 0.3 is 12.2 Å². The molecule has 0 bridgehead atoms. The van der Waals surface area contributed by atoms with Crippen LogP contribution in [0.25, 0.3) is 0 Å². The van der Waals surface area contributed by atoms with Crippen molar-refractivity contribution in [3.8, 4) is 0 Å². The number of amides is 2. The minimum atomic E-state index is -0.611. The minimum Gasteiger partial charge on any atom is -0.430 e. The lowest BCUT2D eigenvalue weighted by atomic mass is 9.92. The molecule has 0 aliphatic carbocycles. The second kappa shape index (κ2) is 6.39. The van der Waals surface area contributed by atoms with Crippen molar-refractivity contribution in [3.05, 3.63) is 24.3 Å². The van der Waals surface area contributed by atoms with E-state index in [1.807, 2.05) is 6.92 Å². The molecule has 2 aliphatic heterocycles. The van der Waals surface area contributed by atoms with Gasteiger partial charge in [0.15, 0.2) is 5.60 Å². The number of rotatable bonds is 3. The molecule has 8 heteroatoms. The van der Waals surface area contributed by atoms with Gasteiger partial charge in [-0.05, 0) is 6.92 Å². The van der Waals surface area contributed by atoms with Crippen LogP contribution >= 0.6 is 0 Å². The van der Waals surface area contributed by atoms with E-state index < -0.39 is 11.8 Å². The van der Waals surface area contributed by atoms with E-state index in [4.69, 9.17) is 9.47 Å². The zero-order valence-electron chi connectivity index (χ0n) is 13.0. The molecule has 2 amide bonds.